The number of aromatic nitrogens is 3. The van der Waals surface area contributed by atoms with Gasteiger partial charge in [-0.2, -0.15) is 0 Å². The van der Waals surface area contributed by atoms with Crippen molar-refractivity contribution in [2.24, 2.45) is 5.92 Å². The van der Waals surface area contributed by atoms with Crippen molar-refractivity contribution in [3.05, 3.63) is 60.8 Å². The molecule has 1 N–H and O–H groups in total. The fourth-order valence-corrected chi connectivity index (χ4v) is 3.69. The zero-order chi connectivity index (χ0) is 18.6. The Bertz CT molecular complexity index is 943. The molecule has 1 fully saturated rings. The van der Waals surface area contributed by atoms with Gasteiger partial charge in [0, 0.05) is 41.2 Å². The molecule has 0 amide bonds. The van der Waals surface area contributed by atoms with Crippen molar-refractivity contribution < 1.29 is 0 Å². The maximum Gasteiger partial charge on any atom is 0.130 e. The molecule has 27 heavy (non-hydrogen) atoms. The van der Waals surface area contributed by atoms with E-state index in [2.05, 4.69) is 69.5 Å². The van der Waals surface area contributed by atoms with Crippen LogP contribution in [0.25, 0.3) is 22.0 Å². The van der Waals surface area contributed by atoms with E-state index in [4.69, 9.17) is 0 Å². The summed E-state index contributed by atoms with van der Waals surface area (Å²) in [4.78, 5) is 15.6. The molecular weight excluding hydrogens is 334 g/mol. The zero-order valence-electron chi connectivity index (χ0n) is 15.9. The lowest BCUT2D eigenvalue weighted by Crippen LogP contribution is -2.32. The second kappa shape index (κ2) is 7.84. The van der Waals surface area contributed by atoms with Crippen LogP contribution in [0.3, 0.4) is 0 Å². The molecule has 5 nitrogen and oxygen atoms in total. The van der Waals surface area contributed by atoms with Gasteiger partial charge in [-0.05, 0) is 57.4 Å². The first kappa shape index (κ1) is 17.6. The van der Waals surface area contributed by atoms with Crippen LogP contribution in [0, 0.1) is 5.92 Å². The summed E-state index contributed by atoms with van der Waals surface area (Å²) in [5.41, 5.74) is 3.22. The fraction of sp³-hybridized carbons (Fsp3) is 0.318. The molecule has 0 radical (unpaired) electrons. The van der Waals surface area contributed by atoms with Gasteiger partial charge in [0.2, 0.25) is 0 Å². The molecule has 2 aromatic heterocycles. The van der Waals surface area contributed by atoms with Gasteiger partial charge in [-0.25, -0.2) is 4.98 Å². The topological polar surface area (TPSA) is 53.9 Å². The van der Waals surface area contributed by atoms with Crippen molar-refractivity contribution in [3.63, 3.8) is 0 Å². The third kappa shape index (κ3) is 3.98. The molecule has 0 spiro atoms. The molecule has 3 heterocycles. The highest BCUT2D eigenvalue weighted by atomic mass is 15.1. The molecule has 4 rings (SSSR count). The highest BCUT2D eigenvalue weighted by Gasteiger charge is 2.20. The van der Waals surface area contributed by atoms with Crippen molar-refractivity contribution in [2.45, 2.75) is 19.8 Å². The second-order valence-corrected chi connectivity index (χ2v) is 7.17. The summed E-state index contributed by atoms with van der Waals surface area (Å²) in [6, 6.07) is 8.42. The van der Waals surface area contributed by atoms with Gasteiger partial charge < -0.3 is 10.2 Å². The summed E-state index contributed by atoms with van der Waals surface area (Å²) in [7, 11) is 2.19. The summed E-state index contributed by atoms with van der Waals surface area (Å²) in [6.07, 6.45) is 11.7. The lowest BCUT2D eigenvalue weighted by molar-refractivity contribution is 0.238. The second-order valence-electron chi connectivity index (χ2n) is 7.17. The van der Waals surface area contributed by atoms with Gasteiger partial charge in [-0.15, -0.1) is 0 Å². The van der Waals surface area contributed by atoms with Crippen LogP contribution in [-0.4, -0.2) is 40.0 Å². The summed E-state index contributed by atoms with van der Waals surface area (Å²) in [5, 5.41) is 5.84. The van der Waals surface area contributed by atoms with Crippen LogP contribution in [0.4, 0.5) is 5.82 Å². The van der Waals surface area contributed by atoms with Crippen molar-refractivity contribution in [1.29, 1.82) is 0 Å². The largest absolute Gasteiger partial charge is 0.344 e. The number of fused-ring (bicyclic) bond motifs is 1. The van der Waals surface area contributed by atoms with Crippen molar-refractivity contribution in [1.82, 2.24) is 19.9 Å². The molecular formula is C22H25N5. The Morgan fingerprint density at radius 1 is 1.07 bits per heavy atom. The molecule has 138 valence electrons. The number of piperidine rings is 1. The zero-order valence-corrected chi connectivity index (χ0v) is 15.9. The summed E-state index contributed by atoms with van der Waals surface area (Å²) in [6.45, 7) is 4.40. The SMILES string of the molecule is C/C=C(/Nc1cc2cc(-c3cnccn3)ccc2cn1)C1CCN(C)CC1. The van der Waals surface area contributed by atoms with Gasteiger partial charge in [0.05, 0.1) is 11.9 Å². The van der Waals surface area contributed by atoms with Crippen LogP contribution in [0.2, 0.25) is 0 Å². The number of rotatable bonds is 4. The maximum atomic E-state index is 4.62. The Morgan fingerprint density at radius 3 is 2.67 bits per heavy atom. The maximum absolute atomic E-state index is 4.62. The van der Waals surface area contributed by atoms with E-state index in [1.54, 1.807) is 18.6 Å². The van der Waals surface area contributed by atoms with Gasteiger partial charge in [0.15, 0.2) is 0 Å². The van der Waals surface area contributed by atoms with Gasteiger partial charge in [0.25, 0.3) is 0 Å². The number of hydrogen-bond donors (Lipinski definition) is 1. The molecule has 1 aliphatic rings. The van der Waals surface area contributed by atoms with Crippen LogP contribution in [0.5, 0.6) is 0 Å². The first-order chi connectivity index (χ1) is 13.2. The van der Waals surface area contributed by atoms with Gasteiger partial charge in [0.1, 0.15) is 5.82 Å². The summed E-state index contributed by atoms with van der Waals surface area (Å²) in [5.74, 6) is 1.47. The molecule has 0 bridgehead atoms. The first-order valence-electron chi connectivity index (χ1n) is 9.51. The Kier molecular flexibility index (Phi) is 5.12. The molecule has 1 aliphatic heterocycles. The number of nitrogens with zero attached hydrogens (tertiary/aromatic N) is 4. The van der Waals surface area contributed by atoms with Gasteiger partial charge >= 0.3 is 0 Å². The van der Waals surface area contributed by atoms with E-state index in [1.165, 1.54) is 18.5 Å². The molecule has 1 aromatic carbocycles. The molecule has 5 heteroatoms. The minimum Gasteiger partial charge on any atom is -0.344 e. The lowest BCUT2D eigenvalue weighted by atomic mass is 9.93. The van der Waals surface area contributed by atoms with Crippen LogP contribution in [0.15, 0.2) is 60.8 Å². The number of nitrogens with one attached hydrogen (secondary N) is 1. The third-order valence-corrected chi connectivity index (χ3v) is 5.32. The van der Waals surface area contributed by atoms with E-state index >= 15 is 0 Å². The lowest BCUT2D eigenvalue weighted by Gasteiger charge is -2.30. The standard InChI is InChI=1S/C22H25N5/c1-3-20(16-6-10-27(2)11-7-16)26-22-13-19-12-17(4-5-18(19)14-25-22)21-15-23-8-9-24-21/h3-5,8-9,12-16H,6-7,10-11H2,1-2H3,(H,25,26)/b20-3+. The molecule has 0 atom stereocenters. The predicted octanol–water partition coefficient (Wildman–Crippen LogP) is 4.35. The van der Waals surface area contributed by atoms with Crippen LogP contribution < -0.4 is 5.32 Å². The number of benzene rings is 1. The monoisotopic (exact) mass is 359 g/mol. The van der Waals surface area contributed by atoms with E-state index in [1.807, 2.05) is 6.20 Å². The van der Waals surface area contributed by atoms with E-state index < -0.39 is 0 Å². The van der Waals surface area contributed by atoms with Crippen LogP contribution >= 0.6 is 0 Å². The van der Waals surface area contributed by atoms with Crippen molar-refractivity contribution in [2.75, 3.05) is 25.5 Å². The van der Waals surface area contributed by atoms with Crippen molar-refractivity contribution >= 4 is 16.6 Å². The Balaban J connectivity index is 1.58. The highest BCUT2D eigenvalue weighted by molar-refractivity contribution is 5.88. The predicted molar refractivity (Wildman–Crippen MR) is 110 cm³/mol. The average molecular weight is 359 g/mol. The number of hydrogen-bond acceptors (Lipinski definition) is 5. The Labute approximate surface area is 160 Å². The fourth-order valence-electron chi connectivity index (χ4n) is 3.69. The minimum atomic E-state index is 0.578. The molecule has 0 aliphatic carbocycles. The van der Waals surface area contributed by atoms with E-state index in [0.29, 0.717) is 5.92 Å². The number of allylic oxidation sites excluding steroid dienone is 2. The van der Waals surface area contributed by atoms with E-state index in [9.17, 15) is 0 Å². The minimum absolute atomic E-state index is 0.578. The van der Waals surface area contributed by atoms with E-state index in [0.717, 1.165) is 40.9 Å². The highest BCUT2D eigenvalue weighted by Crippen LogP contribution is 2.27. The Morgan fingerprint density at radius 2 is 1.93 bits per heavy atom. The van der Waals surface area contributed by atoms with Gasteiger partial charge in [-0.1, -0.05) is 18.2 Å². The van der Waals surface area contributed by atoms with Crippen molar-refractivity contribution in [3.8, 4) is 11.3 Å². The molecule has 0 saturated carbocycles. The quantitative estimate of drug-likeness (QED) is 0.750. The van der Waals surface area contributed by atoms with Crippen LogP contribution in [0.1, 0.15) is 19.8 Å². The number of pyridine rings is 1. The number of anilines is 1. The Hall–Kier alpha value is -2.79. The van der Waals surface area contributed by atoms with Crippen LogP contribution in [-0.2, 0) is 0 Å². The number of likely N-dealkylation sites (tertiary alicyclic amines) is 1. The van der Waals surface area contributed by atoms with E-state index in [-0.39, 0.29) is 0 Å². The molecule has 3 aromatic rings. The smallest absolute Gasteiger partial charge is 0.130 e. The normalized spacial score (nSPS) is 16.6. The first-order valence-corrected chi connectivity index (χ1v) is 9.51. The third-order valence-electron chi connectivity index (χ3n) is 5.32. The molecule has 1 saturated heterocycles. The van der Waals surface area contributed by atoms with Gasteiger partial charge in [-0.3, -0.25) is 9.97 Å². The summed E-state index contributed by atoms with van der Waals surface area (Å²) < 4.78 is 0. The summed E-state index contributed by atoms with van der Waals surface area (Å²) >= 11 is 0. The average Bonchev–Trinajstić information content (AvgIpc) is 2.73. The molecule has 0 unspecified atom stereocenters.